The van der Waals surface area contributed by atoms with Crippen LogP contribution in [0.15, 0.2) is 42.5 Å². The molecule has 0 atom stereocenters. The molecular formula is C24H28ClNO5. The number of rotatable bonds is 9. The minimum Gasteiger partial charge on any atom is -0.494 e. The standard InChI is InChI=1S/C24H28ClNO5/c1-16-14-19(11-12-20(16)25)30-13-5-6-22(28)31-15-21(27)17-7-9-18(10-8-17)26-23(29)24(2,3)4/h7-12,14H,5-6,13,15H2,1-4H3,(H,26,29). The van der Waals surface area contributed by atoms with Crippen LogP contribution in [0.1, 0.15) is 49.5 Å². The van der Waals surface area contributed by atoms with Gasteiger partial charge in [0.25, 0.3) is 0 Å². The SMILES string of the molecule is Cc1cc(OCCCC(=O)OCC(=O)c2ccc(NC(=O)C(C)(C)C)cc2)ccc1Cl. The van der Waals surface area contributed by atoms with Crippen molar-refractivity contribution in [3.63, 3.8) is 0 Å². The summed E-state index contributed by atoms with van der Waals surface area (Å²) in [5, 5.41) is 3.46. The summed E-state index contributed by atoms with van der Waals surface area (Å²) in [6, 6.07) is 11.8. The second kappa shape index (κ2) is 11.0. The zero-order valence-corrected chi connectivity index (χ0v) is 19.0. The van der Waals surface area contributed by atoms with Gasteiger partial charge >= 0.3 is 5.97 Å². The number of hydrogen-bond acceptors (Lipinski definition) is 5. The number of ether oxygens (including phenoxy) is 2. The van der Waals surface area contributed by atoms with Gasteiger partial charge in [-0.1, -0.05) is 32.4 Å². The van der Waals surface area contributed by atoms with Crippen molar-refractivity contribution in [3.8, 4) is 5.75 Å². The van der Waals surface area contributed by atoms with Gasteiger partial charge in [0.15, 0.2) is 12.4 Å². The van der Waals surface area contributed by atoms with Crippen LogP contribution in [0.3, 0.4) is 0 Å². The predicted octanol–water partition coefficient (Wildman–Crippen LogP) is 5.22. The summed E-state index contributed by atoms with van der Waals surface area (Å²) in [4.78, 5) is 36.1. The number of Topliss-reactive ketones (excluding diaryl/α,β-unsaturated/α-hetero) is 1. The first-order chi connectivity index (χ1) is 14.6. The number of amides is 1. The third-order valence-electron chi connectivity index (χ3n) is 4.43. The van der Waals surface area contributed by atoms with E-state index in [0.717, 1.165) is 5.56 Å². The average molecular weight is 446 g/mol. The molecule has 1 N–H and O–H groups in total. The molecule has 0 radical (unpaired) electrons. The molecule has 0 aromatic heterocycles. The van der Waals surface area contributed by atoms with Crippen LogP contribution < -0.4 is 10.1 Å². The normalized spacial score (nSPS) is 11.0. The summed E-state index contributed by atoms with van der Waals surface area (Å²) in [7, 11) is 0. The molecule has 0 spiro atoms. The number of carbonyl (C=O) groups is 3. The summed E-state index contributed by atoms with van der Waals surface area (Å²) >= 11 is 5.97. The fourth-order valence-electron chi connectivity index (χ4n) is 2.47. The van der Waals surface area contributed by atoms with E-state index in [1.54, 1.807) is 36.4 Å². The van der Waals surface area contributed by atoms with Gasteiger partial charge in [-0.2, -0.15) is 0 Å². The first-order valence-electron chi connectivity index (χ1n) is 10.1. The molecule has 2 aromatic carbocycles. The number of anilines is 1. The number of aryl methyl sites for hydroxylation is 1. The third-order valence-corrected chi connectivity index (χ3v) is 4.86. The molecule has 7 heteroatoms. The van der Waals surface area contributed by atoms with Crippen LogP contribution in [-0.4, -0.2) is 30.9 Å². The first-order valence-corrected chi connectivity index (χ1v) is 10.4. The van der Waals surface area contributed by atoms with Crippen molar-refractivity contribution in [3.05, 3.63) is 58.6 Å². The highest BCUT2D eigenvalue weighted by Crippen LogP contribution is 2.21. The molecule has 0 unspecified atom stereocenters. The van der Waals surface area contributed by atoms with Crippen molar-refractivity contribution in [2.45, 2.75) is 40.5 Å². The van der Waals surface area contributed by atoms with Crippen molar-refractivity contribution >= 4 is 34.9 Å². The Morgan fingerprint density at radius 3 is 2.32 bits per heavy atom. The first kappa shape index (κ1) is 24.4. The van der Waals surface area contributed by atoms with E-state index in [4.69, 9.17) is 21.1 Å². The Morgan fingerprint density at radius 2 is 1.71 bits per heavy atom. The Labute approximate surface area is 187 Å². The van der Waals surface area contributed by atoms with Crippen LogP contribution in [0, 0.1) is 12.3 Å². The second-order valence-corrected chi connectivity index (χ2v) is 8.64. The largest absolute Gasteiger partial charge is 0.494 e. The van der Waals surface area contributed by atoms with Crippen molar-refractivity contribution < 1.29 is 23.9 Å². The minimum atomic E-state index is -0.512. The molecule has 0 aliphatic carbocycles. The lowest BCUT2D eigenvalue weighted by atomic mass is 9.95. The van der Waals surface area contributed by atoms with E-state index in [9.17, 15) is 14.4 Å². The number of hydrogen-bond donors (Lipinski definition) is 1. The average Bonchev–Trinajstić information content (AvgIpc) is 2.71. The lowest BCUT2D eigenvalue weighted by Gasteiger charge is -2.17. The topological polar surface area (TPSA) is 81.7 Å². The smallest absolute Gasteiger partial charge is 0.306 e. The molecule has 0 aliphatic rings. The van der Waals surface area contributed by atoms with Crippen molar-refractivity contribution in [1.29, 1.82) is 0 Å². The van der Waals surface area contributed by atoms with Gasteiger partial charge < -0.3 is 14.8 Å². The lowest BCUT2D eigenvalue weighted by molar-refractivity contribution is -0.142. The summed E-state index contributed by atoms with van der Waals surface area (Å²) in [6.07, 6.45) is 0.620. The molecule has 166 valence electrons. The number of benzene rings is 2. The molecule has 0 fully saturated rings. The molecule has 0 aliphatic heterocycles. The highest BCUT2D eigenvalue weighted by molar-refractivity contribution is 6.31. The number of carbonyl (C=O) groups excluding carboxylic acids is 3. The van der Waals surface area contributed by atoms with Gasteiger partial charge in [0.1, 0.15) is 5.75 Å². The van der Waals surface area contributed by atoms with Crippen molar-refractivity contribution in [2.24, 2.45) is 5.41 Å². The maximum absolute atomic E-state index is 12.2. The van der Waals surface area contributed by atoms with E-state index in [2.05, 4.69) is 5.32 Å². The number of esters is 1. The van der Waals surface area contributed by atoms with Gasteiger partial charge in [-0.05, 0) is 61.4 Å². The second-order valence-electron chi connectivity index (χ2n) is 8.23. The van der Waals surface area contributed by atoms with Gasteiger partial charge in [-0.15, -0.1) is 0 Å². The monoisotopic (exact) mass is 445 g/mol. The van der Waals surface area contributed by atoms with Crippen LogP contribution in [0.2, 0.25) is 5.02 Å². The predicted molar refractivity (Wildman–Crippen MR) is 121 cm³/mol. The molecule has 6 nitrogen and oxygen atoms in total. The van der Waals surface area contributed by atoms with E-state index >= 15 is 0 Å². The van der Waals surface area contributed by atoms with E-state index < -0.39 is 11.4 Å². The lowest BCUT2D eigenvalue weighted by Crippen LogP contribution is -2.27. The molecule has 0 bridgehead atoms. The fraction of sp³-hybridized carbons (Fsp3) is 0.375. The van der Waals surface area contributed by atoms with E-state index in [1.807, 2.05) is 33.8 Å². The quantitative estimate of drug-likeness (QED) is 0.325. The summed E-state index contributed by atoms with van der Waals surface area (Å²) in [5.74, 6) is -0.198. The number of ketones is 1. The number of halogens is 1. The molecule has 0 saturated heterocycles. The Bertz CT molecular complexity index is 932. The van der Waals surface area contributed by atoms with Crippen LogP contribution >= 0.6 is 11.6 Å². The summed E-state index contributed by atoms with van der Waals surface area (Å²) < 4.78 is 10.6. The highest BCUT2D eigenvalue weighted by Gasteiger charge is 2.21. The Balaban J connectivity index is 1.70. The fourth-order valence-corrected chi connectivity index (χ4v) is 2.59. The number of nitrogens with one attached hydrogen (secondary N) is 1. The van der Waals surface area contributed by atoms with Gasteiger partial charge in [-0.3, -0.25) is 14.4 Å². The van der Waals surface area contributed by atoms with Crippen molar-refractivity contribution in [2.75, 3.05) is 18.5 Å². The molecule has 2 aromatic rings. The molecule has 2 rings (SSSR count). The van der Waals surface area contributed by atoms with Crippen LogP contribution in [0.4, 0.5) is 5.69 Å². The van der Waals surface area contributed by atoms with E-state index in [0.29, 0.717) is 35.1 Å². The van der Waals surface area contributed by atoms with Gasteiger partial charge in [0.05, 0.1) is 6.61 Å². The summed E-state index contributed by atoms with van der Waals surface area (Å²) in [6.45, 7) is 7.37. The molecule has 0 heterocycles. The van der Waals surface area contributed by atoms with Crippen LogP contribution in [-0.2, 0) is 14.3 Å². The highest BCUT2D eigenvalue weighted by atomic mass is 35.5. The molecule has 1 amide bonds. The van der Waals surface area contributed by atoms with Gasteiger partial charge in [-0.25, -0.2) is 0 Å². The minimum absolute atomic E-state index is 0.115. The molecule has 0 saturated carbocycles. The van der Waals surface area contributed by atoms with E-state index in [-0.39, 0.29) is 24.7 Å². The Hall–Kier alpha value is -2.86. The zero-order chi connectivity index (χ0) is 23.0. The third kappa shape index (κ3) is 8.06. The summed E-state index contributed by atoms with van der Waals surface area (Å²) in [5.41, 5.74) is 1.41. The Morgan fingerprint density at radius 1 is 1.03 bits per heavy atom. The van der Waals surface area contributed by atoms with Crippen molar-refractivity contribution in [1.82, 2.24) is 0 Å². The maximum Gasteiger partial charge on any atom is 0.306 e. The van der Waals surface area contributed by atoms with Crippen LogP contribution in [0.5, 0.6) is 5.75 Å². The van der Waals surface area contributed by atoms with Gasteiger partial charge in [0, 0.05) is 28.1 Å². The zero-order valence-electron chi connectivity index (χ0n) is 18.3. The Kier molecular flexibility index (Phi) is 8.63. The van der Waals surface area contributed by atoms with Crippen LogP contribution in [0.25, 0.3) is 0 Å². The van der Waals surface area contributed by atoms with E-state index in [1.165, 1.54) is 0 Å². The molecule has 31 heavy (non-hydrogen) atoms. The molecular weight excluding hydrogens is 418 g/mol. The maximum atomic E-state index is 12.2. The van der Waals surface area contributed by atoms with Gasteiger partial charge in [0.2, 0.25) is 5.91 Å².